The lowest BCUT2D eigenvalue weighted by Crippen LogP contribution is -2.10. The minimum atomic E-state index is -1.06. The fraction of sp³-hybridized carbons (Fsp3) is 0.444. The molecule has 0 radical (unpaired) electrons. The highest BCUT2D eigenvalue weighted by atomic mass is 16.5. The number of rotatable bonds is 3. The summed E-state index contributed by atoms with van der Waals surface area (Å²) in [5.74, 6) is -0.413. The smallest absolute Gasteiger partial charge is 0.343 e. The predicted molar refractivity (Wildman–Crippen MR) is 49.7 cm³/mol. The van der Waals surface area contributed by atoms with E-state index in [1.54, 1.807) is 6.92 Å². The van der Waals surface area contributed by atoms with Gasteiger partial charge in [0.1, 0.15) is 11.4 Å². The summed E-state index contributed by atoms with van der Waals surface area (Å²) in [5.41, 5.74) is 0.558. The number of carboxylic acids is 1. The van der Waals surface area contributed by atoms with Gasteiger partial charge in [0.05, 0.1) is 12.8 Å². The summed E-state index contributed by atoms with van der Waals surface area (Å²) in [5, 5.41) is 8.94. The molecule has 5 nitrogen and oxygen atoms in total. The fourth-order valence-electron chi connectivity index (χ4n) is 1.22. The molecule has 0 saturated carbocycles. The Morgan fingerprint density at radius 3 is 2.57 bits per heavy atom. The molecule has 1 heterocycles. The summed E-state index contributed by atoms with van der Waals surface area (Å²) in [4.78, 5) is 18.9. The maximum atomic E-state index is 10.9. The van der Waals surface area contributed by atoms with E-state index in [9.17, 15) is 4.79 Å². The number of carboxylic acid groups (broad SMARTS) is 1. The molecule has 0 bridgehead atoms. The van der Waals surface area contributed by atoms with E-state index in [4.69, 9.17) is 9.84 Å². The highest BCUT2D eigenvalue weighted by Crippen LogP contribution is 2.18. The molecule has 1 aromatic rings. The molecule has 0 aliphatic carbocycles. The first-order valence-electron chi connectivity index (χ1n) is 4.25. The molecule has 0 spiro atoms. The lowest BCUT2D eigenvalue weighted by molar-refractivity contribution is 0.0690. The van der Waals surface area contributed by atoms with Gasteiger partial charge in [0.2, 0.25) is 5.88 Å². The van der Waals surface area contributed by atoms with Crippen molar-refractivity contribution in [3.8, 4) is 5.88 Å². The maximum absolute atomic E-state index is 10.9. The summed E-state index contributed by atoms with van der Waals surface area (Å²) in [6.07, 6.45) is 0.543. The van der Waals surface area contributed by atoms with Crippen molar-refractivity contribution in [1.29, 1.82) is 0 Å². The van der Waals surface area contributed by atoms with Crippen molar-refractivity contribution in [1.82, 2.24) is 9.97 Å². The van der Waals surface area contributed by atoms with Crippen molar-refractivity contribution in [3.05, 3.63) is 17.1 Å². The quantitative estimate of drug-likeness (QED) is 0.782. The number of ether oxygens (including phenoxy) is 1. The van der Waals surface area contributed by atoms with Gasteiger partial charge < -0.3 is 9.84 Å². The van der Waals surface area contributed by atoms with Gasteiger partial charge in [-0.3, -0.25) is 0 Å². The molecule has 0 aliphatic heterocycles. The van der Waals surface area contributed by atoms with Crippen LogP contribution in [0.4, 0.5) is 0 Å². The van der Waals surface area contributed by atoms with E-state index in [0.717, 1.165) is 0 Å². The zero-order valence-electron chi connectivity index (χ0n) is 8.37. The minimum absolute atomic E-state index is 0.0561. The molecule has 0 saturated heterocycles. The zero-order valence-corrected chi connectivity index (χ0v) is 8.37. The Balaban J connectivity index is 3.40. The number of aromatic nitrogens is 2. The number of hydrogen-bond donors (Lipinski definition) is 1. The minimum Gasteiger partial charge on any atom is -0.480 e. The van der Waals surface area contributed by atoms with E-state index in [1.807, 2.05) is 6.92 Å². The Hall–Kier alpha value is -1.65. The Morgan fingerprint density at radius 2 is 2.14 bits per heavy atom. The molecule has 14 heavy (non-hydrogen) atoms. The lowest BCUT2D eigenvalue weighted by atomic mass is 10.2. The number of aryl methyl sites for hydroxylation is 2. The Morgan fingerprint density at radius 1 is 1.50 bits per heavy atom. The number of carbonyl (C=O) groups is 1. The monoisotopic (exact) mass is 196 g/mol. The van der Waals surface area contributed by atoms with Gasteiger partial charge in [0.15, 0.2) is 0 Å². The van der Waals surface area contributed by atoms with Crippen molar-refractivity contribution >= 4 is 5.97 Å². The molecular weight excluding hydrogens is 184 g/mol. The standard InChI is InChI=1S/C9H12N2O3/c1-4-6-7(9(12)13)8(14-3)11-5(2)10-6/h4H2,1-3H3,(H,12,13). The maximum Gasteiger partial charge on any atom is 0.343 e. The van der Waals surface area contributed by atoms with Gasteiger partial charge in [-0.15, -0.1) is 0 Å². The van der Waals surface area contributed by atoms with Crippen LogP contribution in [0.5, 0.6) is 5.88 Å². The molecule has 1 aromatic heterocycles. The zero-order chi connectivity index (χ0) is 10.7. The van der Waals surface area contributed by atoms with Crippen LogP contribution in [0.25, 0.3) is 0 Å². The van der Waals surface area contributed by atoms with Crippen molar-refractivity contribution < 1.29 is 14.6 Å². The summed E-state index contributed by atoms with van der Waals surface area (Å²) in [6.45, 7) is 3.54. The van der Waals surface area contributed by atoms with E-state index < -0.39 is 5.97 Å². The largest absolute Gasteiger partial charge is 0.480 e. The van der Waals surface area contributed by atoms with Crippen LogP contribution in [0.2, 0.25) is 0 Å². The second-order valence-electron chi connectivity index (χ2n) is 2.76. The van der Waals surface area contributed by atoms with Gasteiger partial charge in [-0.2, -0.15) is 4.98 Å². The molecule has 1 rings (SSSR count). The van der Waals surface area contributed by atoms with E-state index in [1.165, 1.54) is 7.11 Å². The molecule has 0 fully saturated rings. The van der Waals surface area contributed by atoms with Gasteiger partial charge in [0.25, 0.3) is 0 Å². The third-order valence-electron chi connectivity index (χ3n) is 1.80. The van der Waals surface area contributed by atoms with Crippen LogP contribution in [0, 0.1) is 6.92 Å². The van der Waals surface area contributed by atoms with E-state index in [0.29, 0.717) is 17.9 Å². The molecule has 5 heteroatoms. The average Bonchev–Trinajstić information content (AvgIpc) is 2.15. The Kier molecular flexibility index (Phi) is 3.01. The summed E-state index contributed by atoms with van der Waals surface area (Å²) in [7, 11) is 1.40. The van der Waals surface area contributed by atoms with Gasteiger partial charge in [0, 0.05) is 0 Å². The van der Waals surface area contributed by atoms with Crippen LogP contribution in [0.1, 0.15) is 28.8 Å². The molecule has 0 aliphatic rings. The van der Waals surface area contributed by atoms with Crippen molar-refractivity contribution in [2.45, 2.75) is 20.3 Å². The van der Waals surface area contributed by atoms with Crippen LogP contribution in [-0.2, 0) is 6.42 Å². The second-order valence-corrected chi connectivity index (χ2v) is 2.76. The second kappa shape index (κ2) is 4.04. The summed E-state index contributed by atoms with van der Waals surface area (Å²) < 4.78 is 4.90. The predicted octanol–water partition coefficient (Wildman–Crippen LogP) is 1.05. The average molecular weight is 196 g/mol. The highest BCUT2D eigenvalue weighted by Gasteiger charge is 2.18. The molecule has 0 aromatic carbocycles. The Bertz CT molecular complexity index is 338. The highest BCUT2D eigenvalue weighted by molar-refractivity contribution is 5.91. The number of hydrogen-bond acceptors (Lipinski definition) is 4. The Labute approximate surface area is 81.8 Å². The first-order chi connectivity index (χ1) is 6.60. The van der Waals surface area contributed by atoms with Crippen LogP contribution in [0.3, 0.4) is 0 Å². The first-order valence-corrected chi connectivity index (χ1v) is 4.25. The molecular formula is C9H12N2O3. The van der Waals surface area contributed by atoms with Gasteiger partial charge in [-0.05, 0) is 13.3 Å². The van der Waals surface area contributed by atoms with E-state index >= 15 is 0 Å². The van der Waals surface area contributed by atoms with Crippen molar-refractivity contribution in [2.75, 3.05) is 7.11 Å². The van der Waals surface area contributed by atoms with Crippen LogP contribution in [-0.4, -0.2) is 28.2 Å². The first kappa shape index (κ1) is 10.4. The lowest BCUT2D eigenvalue weighted by Gasteiger charge is -2.08. The third-order valence-corrected chi connectivity index (χ3v) is 1.80. The molecule has 0 unspecified atom stereocenters. The number of aromatic carboxylic acids is 1. The number of nitrogens with zero attached hydrogens (tertiary/aromatic N) is 2. The van der Waals surface area contributed by atoms with Gasteiger partial charge in [-0.25, -0.2) is 9.78 Å². The van der Waals surface area contributed by atoms with E-state index in [-0.39, 0.29) is 11.4 Å². The van der Waals surface area contributed by atoms with Crippen molar-refractivity contribution in [2.24, 2.45) is 0 Å². The fourth-order valence-corrected chi connectivity index (χ4v) is 1.22. The molecule has 0 amide bonds. The van der Waals surface area contributed by atoms with Gasteiger partial charge >= 0.3 is 5.97 Å². The van der Waals surface area contributed by atoms with Crippen LogP contribution in [0.15, 0.2) is 0 Å². The SMILES string of the molecule is CCc1nc(C)nc(OC)c1C(=O)O. The molecule has 0 atom stereocenters. The van der Waals surface area contributed by atoms with E-state index in [2.05, 4.69) is 9.97 Å². The summed E-state index contributed by atoms with van der Waals surface area (Å²) in [6, 6.07) is 0. The third kappa shape index (κ3) is 1.81. The molecule has 76 valence electrons. The number of methoxy groups -OCH3 is 1. The van der Waals surface area contributed by atoms with Crippen molar-refractivity contribution in [3.63, 3.8) is 0 Å². The van der Waals surface area contributed by atoms with Gasteiger partial charge in [-0.1, -0.05) is 6.92 Å². The molecule has 1 N–H and O–H groups in total. The summed E-state index contributed by atoms with van der Waals surface area (Å²) >= 11 is 0. The van der Waals surface area contributed by atoms with Crippen LogP contribution >= 0.6 is 0 Å². The normalized spacial score (nSPS) is 9.93. The topological polar surface area (TPSA) is 72.3 Å². The van der Waals surface area contributed by atoms with Crippen LogP contribution < -0.4 is 4.74 Å².